The Morgan fingerprint density at radius 3 is 2.50 bits per heavy atom. The Bertz CT molecular complexity index is 1020. The van der Waals surface area contributed by atoms with E-state index >= 15 is 0 Å². The fourth-order valence-electron chi connectivity index (χ4n) is 4.46. The van der Waals surface area contributed by atoms with Crippen molar-refractivity contribution in [1.29, 1.82) is 0 Å². The first-order valence-electron chi connectivity index (χ1n) is 11.1. The molecule has 32 heavy (non-hydrogen) atoms. The lowest BCUT2D eigenvalue weighted by molar-refractivity contribution is -0.134. The maximum Gasteiger partial charge on any atom is 0.257 e. The molecule has 3 aliphatic heterocycles. The van der Waals surface area contributed by atoms with Gasteiger partial charge >= 0.3 is 0 Å². The summed E-state index contributed by atoms with van der Waals surface area (Å²) in [5.74, 6) is 1.06. The minimum atomic E-state index is -0.293. The third-order valence-corrected chi connectivity index (χ3v) is 6.40. The van der Waals surface area contributed by atoms with E-state index in [0.717, 1.165) is 49.6 Å². The summed E-state index contributed by atoms with van der Waals surface area (Å²) in [6, 6.07) is 11.8. The molecule has 1 fully saturated rings. The highest BCUT2D eigenvalue weighted by molar-refractivity contribution is 6.03. The smallest absolute Gasteiger partial charge is 0.257 e. The highest BCUT2D eigenvalue weighted by Crippen LogP contribution is 2.39. The first-order valence-corrected chi connectivity index (χ1v) is 11.1. The topological polar surface area (TPSA) is 57.6 Å². The van der Waals surface area contributed by atoms with Gasteiger partial charge in [0.2, 0.25) is 6.79 Å². The molecule has 1 atom stereocenters. The zero-order valence-corrected chi connectivity index (χ0v) is 18.2. The van der Waals surface area contributed by atoms with Crippen molar-refractivity contribution in [3.63, 3.8) is 0 Å². The molecule has 8 heteroatoms. The van der Waals surface area contributed by atoms with Crippen LogP contribution in [0.3, 0.4) is 0 Å². The first kappa shape index (κ1) is 20.9. The van der Waals surface area contributed by atoms with Gasteiger partial charge < -0.3 is 14.4 Å². The lowest BCUT2D eigenvalue weighted by Crippen LogP contribution is -2.49. The van der Waals surface area contributed by atoms with Gasteiger partial charge in [0.05, 0.1) is 18.3 Å². The summed E-state index contributed by atoms with van der Waals surface area (Å²) in [6.07, 6.45) is 0.556. The van der Waals surface area contributed by atoms with Crippen molar-refractivity contribution in [2.45, 2.75) is 19.4 Å². The van der Waals surface area contributed by atoms with Gasteiger partial charge in [-0.15, -0.1) is 0 Å². The number of hydrogen-bond donors (Lipinski definition) is 0. The highest BCUT2D eigenvalue weighted by Gasteiger charge is 2.35. The number of fused-ring (bicyclic) bond motifs is 1. The number of rotatable bonds is 5. The Hall–Kier alpha value is -2.97. The third kappa shape index (κ3) is 4.20. The molecule has 0 unspecified atom stereocenters. The predicted octanol–water partition coefficient (Wildman–Crippen LogP) is 2.87. The van der Waals surface area contributed by atoms with Crippen LogP contribution in [0.15, 0.2) is 47.6 Å². The molecule has 0 aromatic heterocycles. The van der Waals surface area contributed by atoms with Gasteiger partial charge in [0.25, 0.3) is 5.91 Å². The Kier molecular flexibility index (Phi) is 5.80. The second kappa shape index (κ2) is 8.88. The SMILES string of the molecule is CCN1CCN(CC(=O)N2N=C(c3ccc(F)cc3)C[C@@H]2c2ccc3c(c2)OCO3)CC1. The normalized spacial score (nSPS) is 21.1. The summed E-state index contributed by atoms with van der Waals surface area (Å²) >= 11 is 0. The van der Waals surface area contributed by atoms with Crippen molar-refractivity contribution in [2.24, 2.45) is 5.10 Å². The lowest BCUT2D eigenvalue weighted by atomic mass is 9.98. The summed E-state index contributed by atoms with van der Waals surface area (Å²) in [5.41, 5.74) is 2.54. The number of halogens is 1. The number of carbonyl (C=O) groups is 1. The van der Waals surface area contributed by atoms with Crippen LogP contribution in [0.1, 0.15) is 30.5 Å². The van der Waals surface area contributed by atoms with Gasteiger partial charge in [-0.2, -0.15) is 5.10 Å². The van der Waals surface area contributed by atoms with Gasteiger partial charge in [0.1, 0.15) is 5.82 Å². The fraction of sp³-hybridized carbons (Fsp3) is 0.417. The van der Waals surface area contributed by atoms with Crippen LogP contribution < -0.4 is 9.47 Å². The van der Waals surface area contributed by atoms with E-state index in [9.17, 15) is 9.18 Å². The van der Waals surface area contributed by atoms with Crippen LogP contribution in [0.4, 0.5) is 4.39 Å². The molecule has 0 saturated carbocycles. The van der Waals surface area contributed by atoms with Gasteiger partial charge in [-0.25, -0.2) is 9.40 Å². The van der Waals surface area contributed by atoms with Crippen LogP contribution in [-0.4, -0.2) is 72.5 Å². The largest absolute Gasteiger partial charge is 0.454 e. The summed E-state index contributed by atoms with van der Waals surface area (Å²) in [4.78, 5) is 17.9. The van der Waals surface area contributed by atoms with Gasteiger partial charge in [0, 0.05) is 32.6 Å². The van der Waals surface area contributed by atoms with Crippen LogP contribution in [0, 0.1) is 5.82 Å². The van der Waals surface area contributed by atoms with Crippen LogP contribution in [-0.2, 0) is 4.79 Å². The van der Waals surface area contributed by atoms with Crippen LogP contribution in [0.5, 0.6) is 11.5 Å². The van der Waals surface area contributed by atoms with E-state index < -0.39 is 0 Å². The second-order valence-corrected chi connectivity index (χ2v) is 8.33. The van der Waals surface area contributed by atoms with E-state index in [1.807, 2.05) is 18.2 Å². The molecule has 1 saturated heterocycles. The Morgan fingerprint density at radius 1 is 1.03 bits per heavy atom. The molecule has 7 nitrogen and oxygen atoms in total. The summed E-state index contributed by atoms with van der Waals surface area (Å²) in [5, 5.41) is 6.30. The minimum Gasteiger partial charge on any atom is -0.454 e. The number of piperazine rings is 1. The predicted molar refractivity (Wildman–Crippen MR) is 118 cm³/mol. The molecule has 1 amide bonds. The van der Waals surface area contributed by atoms with Crippen molar-refractivity contribution < 1.29 is 18.7 Å². The van der Waals surface area contributed by atoms with Gasteiger partial charge in [-0.1, -0.05) is 25.1 Å². The number of amides is 1. The van der Waals surface area contributed by atoms with Crippen LogP contribution >= 0.6 is 0 Å². The third-order valence-electron chi connectivity index (χ3n) is 6.40. The molecule has 0 radical (unpaired) electrons. The highest BCUT2D eigenvalue weighted by atomic mass is 19.1. The van der Waals surface area contributed by atoms with E-state index in [1.54, 1.807) is 17.1 Å². The molecule has 2 aromatic rings. The van der Waals surface area contributed by atoms with Crippen molar-refractivity contribution in [3.8, 4) is 11.5 Å². The molecule has 0 N–H and O–H groups in total. The van der Waals surface area contributed by atoms with Crippen molar-refractivity contribution in [3.05, 3.63) is 59.4 Å². The number of ether oxygens (including phenoxy) is 2. The lowest BCUT2D eigenvalue weighted by Gasteiger charge is -2.34. The maximum atomic E-state index is 13.4. The van der Waals surface area contributed by atoms with Gasteiger partial charge in [-0.05, 0) is 41.9 Å². The van der Waals surface area contributed by atoms with E-state index in [1.165, 1.54) is 12.1 Å². The van der Waals surface area contributed by atoms with E-state index in [0.29, 0.717) is 24.5 Å². The van der Waals surface area contributed by atoms with Crippen molar-refractivity contribution in [1.82, 2.24) is 14.8 Å². The zero-order valence-electron chi connectivity index (χ0n) is 18.2. The standard InChI is InChI=1S/C24H27FN4O3/c1-2-27-9-11-28(12-10-27)15-24(30)29-21(18-5-8-22-23(13-18)32-16-31-22)14-20(26-29)17-3-6-19(25)7-4-17/h3-8,13,21H,2,9-12,14-16H2,1H3/t21-/m1/s1. The Labute approximate surface area is 187 Å². The molecule has 3 heterocycles. The molecule has 2 aromatic carbocycles. The zero-order chi connectivity index (χ0) is 22.1. The second-order valence-electron chi connectivity index (χ2n) is 8.33. The van der Waals surface area contributed by atoms with E-state index in [-0.39, 0.29) is 24.6 Å². The van der Waals surface area contributed by atoms with Crippen molar-refractivity contribution >= 4 is 11.6 Å². The molecular weight excluding hydrogens is 411 g/mol. The van der Waals surface area contributed by atoms with Gasteiger partial charge in [-0.3, -0.25) is 9.69 Å². The minimum absolute atomic E-state index is 0.0327. The maximum absolute atomic E-state index is 13.4. The van der Waals surface area contributed by atoms with E-state index in [4.69, 9.17) is 14.6 Å². The number of nitrogens with zero attached hydrogens (tertiary/aromatic N) is 4. The number of likely N-dealkylation sites (N-methyl/N-ethyl adjacent to an activating group) is 1. The monoisotopic (exact) mass is 438 g/mol. The van der Waals surface area contributed by atoms with Crippen LogP contribution in [0.2, 0.25) is 0 Å². The summed E-state index contributed by atoms with van der Waals surface area (Å²) < 4.78 is 24.4. The number of hydrazone groups is 1. The molecule has 168 valence electrons. The van der Waals surface area contributed by atoms with Crippen LogP contribution in [0.25, 0.3) is 0 Å². The average Bonchev–Trinajstić information content (AvgIpc) is 3.47. The molecule has 0 aliphatic carbocycles. The van der Waals surface area contributed by atoms with Crippen molar-refractivity contribution in [2.75, 3.05) is 46.1 Å². The molecule has 5 rings (SSSR count). The average molecular weight is 439 g/mol. The number of benzene rings is 2. The summed E-state index contributed by atoms with van der Waals surface area (Å²) in [6.45, 7) is 7.41. The number of carbonyl (C=O) groups excluding carboxylic acids is 1. The Balaban J connectivity index is 1.39. The number of hydrogen-bond acceptors (Lipinski definition) is 6. The van der Waals surface area contributed by atoms with E-state index in [2.05, 4.69) is 16.7 Å². The Morgan fingerprint density at radius 2 is 1.75 bits per heavy atom. The fourth-order valence-corrected chi connectivity index (χ4v) is 4.46. The molecular formula is C24H27FN4O3. The first-order chi connectivity index (χ1) is 15.6. The molecule has 0 spiro atoms. The summed E-state index contributed by atoms with van der Waals surface area (Å²) in [7, 11) is 0. The molecule has 3 aliphatic rings. The quantitative estimate of drug-likeness (QED) is 0.719. The molecule has 0 bridgehead atoms. The van der Waals surface area contributed by atoms with Gasteiger partial charge in [0.15, 0.2) is 11.5 Å².